The van der Waals surface area contributed by atoms with E-state index in [2.05, 4.69) is 16.6 Å². The van der Waals surface area contributed by atoms with Gasteiger partial charge >= 0.3 is 5.97 Å². The van der Waals surface area contributed by atoms with Crippen LogP contribution in [0.1, 0.15) is 54.5 Å². The smallest absolute Gasteiger partial charge is 0.357 e. The van der Waals surface area contributed by atoms with Crippen molar-refractivity contribution in [1.82, 2.24) is 9.88 Å². The second-order valence-electron chi connectivity index (χ2n) is 4.97. The van der Waals surface area contributed by atoms with Crippen LogP contribution in [0.2, 0.25) is 0 Å². The third-order valence-corrected chi connectivity index (χ3v) is 4.14. The van der Waals surface area contributed by atoms with Crippen LogP contribution in [0.3, 0.4) is 0 Å². The number of amides is 1. The zero-order chi connectivity index (χ0) is 14.5. The average molecular weight is 296 g/mol. The van der Waals surface area contributed by atoms with E-state index in [1.165, 1.54) is 18.4 Å². The third-order valence-electron chi connectivity index (χ3n) is 3.30. The van der Waals surface area contributed by atoms with Crippen molar-refractivity contribution in [3.8, 4) is 0 Å². The molecule has 0 unspecified atom stereocenters. The standard InChI is InChI=1S/C14H20N2O3S/c1-3-4-5-13(17)16(10-6-7-10)8-12-15-11(9-20-12)14(18)19-2/h9-10H,3-8H2,1-2H3. The lowest BCUT2D eigenvalue weighted by molar-refractivity contribution is -0.132. The summed E-state index contributed by atoms with van der Waals surface area (Å²) in [5.41, 5.74) is 0.323. The van der Waals surface area contributed by atoms with Crippen molar-refractivity contribution in [2.45, 2.75) is 51.6 Å². The normalized spacial score (nSPS) is 14.1. The van der Waals surface area contributed by atoms with Gasteiger partial charge in [0.2, 0.25) is 5.91 Å². The summed E-state index contributed by atoms with van der Waals surface area (Å²) in [6.07, 6.45) is 4.70. The van der Waals surface area contributed by atoms with Crippen molar-refractivity contribution < 1.29 is 14.3 Å². The minimum atomic E-state index is -0.428. The van der Waals surface area contributed by atoms with Crippen molar-refractivity contribution in [1.29, 1.82) is 0 Å². The molecule has 0 radical (unpaired) electrons. The molecule has 20 heavy (non-hydrogen) atoms. The summed E-state index contributed by atoms with van der Waals surface area (Å²) in [7, 11) is 1.34. The van der Waals surface area contributed by atoms with E-state index in [9.17, 15) is 9.59 Å². The highest BCUT2D eigenvalue weighted by Gasteiger charge is 2.32. The number of hydrogen-bond acceptors (Lipinski definition) is 5. The summed E-state index contributed by atoms with van der Waals surface area (Å²) >= 11 is 1.40. The van der Waals surface area contributed by atoms with E-state index in [1.807, 2.05) is 4.90 Å². The molecule has 1 saturated carbocycles. The molecule has 0 spiro atoms. The fourth-order valence-electron chi connectivity index (χ4n) is 2.01. The predicted octanol–water partition coefficient (Wildman–Crippen LogP) is 2.61. The molecule has 0 aliphatic heterocycles. The van der Waals surface area contributed by atoms with E-state index in [0.29, 0.717) is 24.7 Å². The zero-order valence-electron chi connectivity index (χ0n) is 11.9. The Hall–Kier alpha value is -1.43. The molecule has 1 aromatic rings. The van der Waals surface area contributed by atoms with Crippen LogP contribution in [0, 0.1) is 0 Å². The van der Waals surface area contributed by atoms with Crippen LogP contribution in [-0.4, -0.2) is 34.9 Å². The van der Waals surface area contributed by atoms with Crippen molar-refractivity contribution in [3.05, 3.63) is 16.1 Å². The Morgan fingerprint density at radius 1 is 1.50 bits per heavy atom. The SMILES string of the molecule is CCCCC(=O)N(Cc1nc(C(=O)OC)cs1)C1CC1. The number of rotatable bonds is 7. The number of aromatic nitrogens is 1. The molecule has 0 N–H and O–H groups in total. The lowest BCUT2D eigenvalue weighted by atomic mass is 10.2. The number of carbonyl (C=O) groups excluding carboxylic acids is 2. The molecule has 0 bridgehead atoms. The summed E-state index contributed by atoms with van der Waals surface area (Å²) in [6.45, 7) is 2.59. The van der Waals surface area contributed by atoms with Gasteiger partial charge in [0, 0.05) is 17.8 Å². The Morgan fingerprint density at radius 3 is 2.85 bits per heavy atom. The van der Waals surface area contributed by atoms with Gasteiger partial charge in [0.15, 0.2) is 5.69 Å². The number of unbranched alkanes of at least 4 members (excludes halogenated alkanes) is 1. The number of ether oxygens (including phenoxy) is 1. The summed E-state index contributed by atoms with van der Waals surface area (Å²) in [6, 6.07) is 0.366. The van der Waals surface area contributed by atoms with E-state index in [0.717, 1.165) is 30.7 Å². The molecule has 2 rings (SSSR count). The monoisotopic (exact) mass is 296 g/mol. The van der Waals surface area contributed by atoms with E-state index < -0.39 is 5.97 Å². The molecule has 1 aliphatic carbocycles. The molecule has 1 fully saturated rings. The number of thiazole rings is 1. The molecule has 0 aromatic carbocycles. The Balaban J connectivity index is 1.99. The van der Waals surface area contributed by atoms with Crippen molar-refractivity contribution in [2.24, 2.45) is 0 Å². The van der Waals surface area contributed by atoms with Crippen LogP contribution < -0.4 is 0 Å². The number of nitrogens with zero attached hydrogens (tertiary/aromatic N) is 2. The molecule has 5 nitrogen and oxygen atoms in total. The lowest BCUT2D eigenvalue weighted by Gasteiger charge is -2.21. The first-order valence-electron chi connectivity index (χ1n) is 6.98. The van der Waals surface area contributed by atoms with Gasteiger partial charge in [-0.3, -0.25) is 4.79 Å². The predicted molar refractivity (Wildman–Crippen MR) is 76.6 cm³/mol. The van der Waals surface area contributed by atoms with Gasteiger partial charge in [-0.25, -0.2) is 9.78 Å². The first kappa shape index (κ1) is 15.0. The highest BCUT2D eigenvalue weighted by Crippen LogP contribution is 2.29. The average Bonchev–Trinajstić information content (AvgIpc) is 3.19. The van der Waals surface area contributed by atoms with Gasteiger partial charge in [0.05, 0.1) is 13.7 Å². The van der Waals surface area contributed by atoms with Crippen LogP contribution in [0.25, 0.3) is 0 Å². The Morgan fingerprint density at radius 2 is 2.25 bits per heavy atom. The van der Waals surface area contributed by atoms with Crippen LogP contribution in [0.15, 0.2) is 5.38 Å². The first-order valence-corrected chi connectivity index (χ1v) is 7.85. The van der Waals surface area contributed by atoms with Crippen LogP contribution in [-0.2, 0) is 16.1 Å². The van der Waals surface area contributed by atoms with E-state index >= 15 is 0 Å². The summed E-state index contributed by atoms with van der Waals surface area (Å²) in [4.78, 5) is 29.7. The molecular weight excluding hydrogens is 276 g/mol. The fourth-order valence-corrected chi connectivity index (χ4v) is 2.77. The summed E-state index contributed by atoms with van der Waals surface area (Å²) < 4.78 is 4.64. The molecule has 0 saturated heterocycles. The topological polar surface area (TPSA) is 59.5 Å². The molecule has 6 heteroatoms. The van der Waals surface area contributed by atoms with Crippen LogP contribution in [0.5, 0.6) is 0 Å². The maximum Gasteiger partial charge on any atom is 0.357 e. The first-order chi connectivity index (χ1) is 9.65. The number of methoxy groups -OCH3 is 1. The second kappa shape index (κ2) is 6.83. The van der Waals surface area contributed by atoms with Crippen molar-refractivity contribution >= 4 is 23.2 Å². The highest BCUT2D eigenvalue weighted by molar-refractivity contribution is 7.09. The summed E-state index contributed by atoms with van der Waals surface area (Å²) in [5, 5.41) is 2.48. The van der Waals surface area contributed by atoms with Gasteiger partial charge in [0.25, 0.3) is 0 Å². The number of esters is 1. The number of hydrogen-bond donors (Lipinski definition) is 0. The Kier molecular flexibility index (Phi) is 5.11. The minimum absolute atomic E-state index is 0.198. The molecule has 110 valence electrons. The van der Waals surface area contributed by atoms with Crippen LogP contribution >= 0.6 is 11.3 Å². The highest BCUT2D eigenvalue weighted by atomic mass is 32.1. The molecule has 0 atom stereocenters. The van der Waals surface area contributed by atoms with Crippen molar-refractivity contribution in [2.75, 3.05) is 7.11 Å². The quantitative estimate of drug-likeness (QED) is 0.726. The molecule has 1 aliphatic rings. The molecule has 1 heterocycles. The van der Waals surface area contributed by atoms with Gasteiger partial charge in [-0.15, -0.1) is 11.3 Å². The van der Waals surface area contributed by atoms with Crippen LogP contribution in [0.4, 0.5) is 0 Å². The maximum atomic E-state index is 12.2. The van der Waals surface area contributed by atoms with E-state index in [4.69, 9.17) is 0 Å². The lowest BCUT2D eigenvalue weighted by Crippen LogP contribution is -2.32. The fraction of sp³-hybridized carbons (Fsp3) is 0.643. The third kappa shape index (κ3) is 3.79. The second-order valence-corrected chi connectivity index (χ2v) is 5.92. The maximum absolute atomic E-state index is 12.2. The Labute approximate surface area is 122 Å². The number of carbonyl (C=O) groups is 2. The van der Waals surface area contributed by atoms with Gasteiger partial charge < -0.3 is 9.64 Å². The Bertz CT molecular complexity index is 483. The molecule has 1 amide bonds. The van der Waals surface area contributed by atoms with Gasteiger partial charge in [-0.2, -0.15) is 0 Å². The van der Waals surface area contributed by atoms with Crippen molar-refractivity contribution in [3.63, 3.8) is 0 Å². The largest absolute Gasteiger partial charge is 0.464 e. The van der Waals surface area contributed by atoms with E-state index in [-0.39, 0.29) is 5.91 Å². The van der Waals surface area contributed by atoms with E-state index in [1.54, 1.807) is 5.38 Å². The van der Waals surface area contributed by atoms with Gasteiger partial charge in [0.1, 0.15) is 5.01 Å². The van der Waals surface area contributed by atoms with Gasteiger partial charge in [-0.1, -0.05) is 13.3 Å². The van der Waals surface area contributed by atoms with Gasteiger partial charge in [-0.05, 0) is 19.3 Å². The zero-order valence-corrected chi connectivity index (χ0v) is 12.7. The molecular formula is C14H20N2O3S. The molecule has 1 aromatic heterocycles. The minimum Gasteiger partial charge on any atom is -0.464 e. The summed E-state index contributed by atoms with van der Waals surface area (Å²) in [5.74, 6) is -0.230.